The molecule has 0 aliphatic carbocycles. The Balaban J connectivity index is 1.47. The van der Waals surface area contributed by atoms with Crippen LogP contribution in [-0.2, 0) is 20.6 Å². The normalized spacial score (nSPS) is 17.9. The fourth-order valence-electron chi connectivity index (χ4n) is 3.71. The van der Waals surface area contributed by atoms with E-state index in [1.165, 1.54) is 5.56 Å². The minimum absolute atomic E-state index is 0.0151. The summed E-state index contributed by atoms with van der Waals surface area (Å²) in [6, 6.07) is 19.1. The average molecular weight is 430 g/mol. The van der Waals surface area contributed by atoms with Gasteiger partial charge in [-0.1, -0.05) is 67.6 Å². The van der Waals surface area contributed by atoms with E-state index in [0.29, 0.717) is 32.7 Å². The zero-order chi connectivity index (χ0) is 21.6. The summed E-state index contributed by atoms with van der Waals surface area (Å²) in [5.74, 6) is 0.238. The lowest BCUT2D eigenvalue weighted by Crippen LogP contribution is -2.55. The first kappa shape index (κ1) is 22.5. The van der Waals surface area contributed by atoms with E-state index in [4.69, 9.17) is 0 Å². The molecule has 2 atom stereocenters. The van der Waals surface area contributed by atoms with Gasteiger partial charge in [0.25, 0.3) is 0 Å². The summed E-state index contributed by atoms with van der Waals surface area (Å²) >= 11 is 0. The minimum atomic E-state index is -3.35. The summed E-state index contributed by atoms with van der Waals surface area (Å²) in [7, 11) is -3.35. The maximum absolute atomic E-state index is 12.7. The number of nitrogens with zero attached hydrogens (tertiary/aromatic N) is 2. The van der Waals surface area contributed by atoms with E-state index in [0.717, 1.165) is 5.56 Å². The van der Waals surface area contributed by atoms with Gasteiger partial charge in [-0.05, 0) is 24.0 Å². The lowest BCUT2D eigenvalue weighted by molar-refractivity contribution is -0.126. The van der Waals surface area contributed by atoms with Gasteiger partial charge in [-0.25, -0.2) is 8.42 Å². The first-order valence-corrected chi connectivity index (χ1v) is 12.1. The van der Waals surface area contributed by atoms with Crippen LogP contribution in [0.3, 0.4) is 0 Å². The van der Waals surface area contributed by atoms with Crippen LogP contribution in [0.1, 0.15) is 30.9 Å². The molecule has 0 unspecified atom stereocenters. The Hall–Kier alpha value is -2.22. The van der Waals surface area contributed by atoms with Crippen molar-refractivity contribution in [2.75, 3.05) is 32.7 Å². The first-order chi connectivity index (χ1) is 14.4. The molecule has 1 heterocycles. The maximum atomic E-state index is 12.7. The summed E-state index contributed by atoms with van der Waals surface area (Å²) in [5, 5.41) is 3.04. The van der Waals surface area contributed by atoms with E-state index in [-0.39, 0.29) is 23.6 Å². The highest BCUT2D eigenvalue weighted by molar-refractivity contribution is 7.88. The molecule has 0 saturated carbocycles. The summed E-state index contributed by atoms with van der Waals surface area (Å²) < 4.78 is 27.0. The molecule has 1 aliphatic heterocycles. The Bertz CT molecular complexity index is 911. The second kappa shape index (κ2) is 10.2. The largest absolute Gasteiger partial charge is 0.354 e. The molecule has 1 N–H and O–H groups in total. The van der Waals surface area contributed by atoms with Crippen molar-refractivity contribution >= 4 is 15.9 Å². The summed E-state index contributed by atoms with van der Waals surface area (Å²) in [5.41, 5.74) is 1.99. The van der Waals surface area contributed by atoms with Crippen LogP contribution in [0.4, 0.5) is 0 Å². The summed E-state index contributed by atoms with van der Waals surface area (Å²) in [6.45, 7) is 6.49. The van der Waals surface area contributed by atoms with Gasteiger partial charge in [-0.3, -0.25) is 9.69 Å². The van der Waals surface area contributed by atoms with E-state index in [2.05, 4.69) is 29.3 Å². The third-order valence-corrected chi connectivity index (χ3v) is 7.59. The lowest BCUT2D eigenvalue weighted by Gasteiger charge is -2.36. The fraction of sp³-hybridized carbons (Fsp3) is 0.435. The van der Waals surface area contributed by atoms with E-state index in [1.807, 2.05) is 55.5 Å². The Morgan fingerprint density at radius 3 is 2.10 bits per heavy atom. The molecule has 2 aromatic carbocycles. The number of hydrogen-bond donors (Lipinski definition) is 1. The minimum Gasteiger partial charge on any atom is -0.354 e. The third kappa shape index (κ3) is 5.90. The van der Waals surface area contributed by atoms with Gasteiger partial charge in [-0.15, -0.1) is 0 Å². The predicted molar refractivity (Wildman–Crippen MR) is 120 cm³/mol. The van der Waals surface area contributed by atoms with Gasteiger partial charge in [0.1, 0.15) is 0 Å². The number of benzene rings is 2. The molecule has 1 amide bonds. The number of amides is 1. The number of sulfonamides is 1. The van der Waals surface area contributed by atoms with Crippen molar-refractivity contribution in [1.82, 2.24) is 14.5 Å². The average Bonchev–Trinajstić information content (AvgIpc) is 2.77. The number of piperazine rings is 1. The van der Waals surface area contributed by atoms with Gasteiger partial charge in [0, 0.05) is 32.7 Å². The van der Waals surface area contributed by atoms with Gasteiger partial charge in [0.05, 0.1) is 11.8 Å². The molecular weight excluding hydrogens is 398 g/mol. The van der Waals surface area contributed by atoms with E-state index < -0.39 is 10.0 Å². The van der Waals surface area contributed by atoms with Crippen LogP contribution in [0.15, 0.2) is 60.7 Å². The quantitative estimate of drug-likeness (QED) is 0.700. The zero-order valence-electron chi connectivity index (χ0n) is 17.7. The Morgan fingerprint density at radius 1 is 0.933 bits per heavy atom. The second-order valence-electron chi connectivity index (χ2n) is 7.91. The Labute approximate surface area is 179 Å². The molecule has 0 aromatic heterocycles. The molecule has 1 fully saturated rings. The monoisotopic (exact) mass is 429 g/mol. The molecular formula is C23H31N3O3S. The number of carbonyl (C=O) groups is 1. The number of nitrogens with one attached hydrogen (secondary N) is 1. The highest BCUT2D eigenvalue weighted by Gasteiger charge is 2.30. The van der Waals surface area contributed by atoms with Crippen LogP contribution in [0.5, 0.6) is 0 Å². The summed E-state index contributed by atoms with van der Waals surface area (Å²) in [6.07, 6.45) is 0. The number of carbonyl (C=O) groups excluding carboxylic acids is 1. The van der Waals surface area contributed by atoms with Crippen molar-refractivity contribution in [3.63, 3.8) is 0 Å². The van der Waals surface area contributed by atoms with Gasteiger partial charge in [0.2, 0.25) is 15.9 Å². The van der Waals surface area contributed by atoms with Crippen LogP contribution < -0.4 is 5.32 Å². The van der Waals surface area contributed by atoms with Gasteiger partial charge in [0.15, 0.2) is 0 Å². The van der Waals surface area contributed by atoms with Gasteiger partial charge in [-0.2, -0.15) is 4.31 Å². The first-order valence-electron chi connectivity index (χ1n) is 10.5. The van der Waals surface area contributed by atoms with Crippen LogP contribution >= 0.6 is 0 Å². The molecule has 7 heteroatoms. The maximum Gasteiger partial charge on any atom is 0.237 e. The molecule has 6 nitrogen and oxygen atoms in total. The Morgan fingerprint density at radius 2 is 1.50 bits per heavy atom. The second-order valence-corrected chi connectivity index (χ2v) is 9.88. The van der Waals surface area contributed by atoms with Crippen molar-refractivity contribution < 1.29 is 13.2 Å². The fourth-order valence-corrected chi connectivity index (χ4v) is 5.23. The van der Waals surface area contributed by atoms with E-state index in [1.54, 1.807) is 4.31 Å². The molecule has 30 heavy (non-hydrogen) atoms. The van der Waals surface area contributed by atoms with Crippen molar-refractivity contribution in [1.29, 1.82) is 0 Å². The van der Waals surface area contributed by atoms with Gasteiger partial charge < -0.3 is 5.32 Å². The van der Waals surface area contributed by atoms with Crippen LogP contribution in [0.2, 0.25) is 0 Å². The van der Waals surface area contributed by atoms with Crippen LogP contribution in [-0.4, -0.2) is 62.3 Å². The van der Waals surface area contributed by atoms with Crippen molar-refractivity contribution in [3.8, 4) is 0 Å². The molecule has 0 spiro atoms. The van der Waals surface area contributed by atoms with Crippen LogP contribution in [0.25, 0.3) is 0 Å². The molecule has 1 saturated heterocycles. The smallest absolute Gasteiger partial charge is 0.237 e. The lowest BCUT2D eigenvalue weighted by atomic mass is 10.0. The van der Waals surface area contributed by atoms with E-state index in [9.17, 15) is 13.2 Å². The standard InChI is InChI=1S/C23H31N3O3S/c1-19(22-11-7-4-8-12-22)17-24-23(27)20(2)25-13-15-26(16-14-25)30(28,29)18-21-9-5-3-6-10-21/h3-12,19-20H,13-18H2,1-2H3,(H,24,27)/t19-,20-/m0/s1. The SMILES string of the molecule is C[C@@H](CNC(=O)[C@H](C)N1CCN(S(=O)(=O)Cc2ccccc2)CC1)c1ccccc1. The molecule has 162 valence electrons. The van der Waals surface area contributed by atoms with Crippen molar-refractivity contribution in [2.24, 2.45) is 0 Å². The van der Waals surface area contributed by atoms with E-state index >= 15 is 0 Å². The van der Waals surface area contributed by atoms with Crippen molar-refractivity contribution in [3.05, 3.63) is 71.8 Å². The topological polar surface area (TPSA) is 69.7 Å². The van der Waals surface area contributed by atoms with Crippen LogP contribution in [0, 0.1) is 0 Å². The molecule has 2 aromatic rings. The predicted octanol–water partition coefficient (Wildman–Crippen LogP) is 2.44. The molecule has 0 bridgehead atoms. The number of rotatable bonds is 8. The number of hydrogen-bond acceptors (Lipinski definition) is 4. The zero-order valence-corrected chi connectivity index (χ0v) is 18.5. The molecule has 3 rings (SSSR count). The Kier molecular flexibility index (Phi) is 7.64. The molecule has 0 radical (unpaired) electrons. The summed E-state index contributed by atoms with van der Waals surface area (Å²) in [4.78, 5) is 14.7. The highest BCUT2D eigenvalue weighted by Crippen LogP contribution is 2.16. The van der Waals surface area contributed by atoms with Gasteiger partial charge >= 0.3 is 0 Å². The highest BCUT2D eigenvalue weighted by atomic mass is 32.2. The van der Waals surface area contributed by atoms with Crippen molar-refractivity contribution in [2.45, 2.75) is 31.6 Å². The molecule has 1 aliphatic rings. The third-order valence-electron chi connectivity index (χ3n) is 5.74.